The molecule has 0 radical (unpaired) electrons. The molecule has 0 saturated heterocycles. The van der Waals surface area contributed by atoms with Crippen molar-refractivity contribution in [1.82, 2.24) is 9.55 Å². The SMILES string of the molecule is CC(Cl)c1nc2cc(F)c(Br)cc2n1CC(C)S(C)=O. The molecular formula is C13H15BrClFN2OS. The molecule has 0 aliphatic heterocycles. The van der Waals surface area contributed by atoms with E-state index in [9.17, 15) is 8.60 Å². The van der Waals surface area contributed by atoms with Crippen molar-refractivity contribution < 1.29 is 8.60 Å². The van der Waals surface area contributed by atoms with Gasteiger partial charge < -0.3 is 4.57 Å². The van der Waals surface area contributed by atoms with Crippen molar-refractivity contribution in [1.29, 1.82) is 0 Å². The summed E-state index contributed by atoms with van der Waals surface area (Å²) in [6.45, 7) is 4.26. The van der Waals surface area contributed by atoms with E-state index in [4.69, 9.17) is 11.6 Å². The Morgan fingerprint density at radius 1 is 1.50 bits per heavy atom. The zero-order valence-corrected chi connectivity index (χ0v) is 14.5. The number of aromatic nitrogens is 2. The van der Waals surface area contributed by atoms with Crippen molar-refractivity contribution in [3.63, 3.8) is 0 Å². The smallest absolute Gasteiger partial charge is 0.139 e. The highest BCUT2D eigenvalue weighted by atomic mass is 79.9. The maximum absolute atomic E-state index is 13.6. The van der Waals surface area contributed by atoms with Crippen LogP contribution in [0.3, 0.4) is 0 Å². The van der Waals surface area contributed by atoms with E-state index in [0.717, 1.165) is 5.52 Å². The van der Waals surface area contributed by atoms with Crippen LogP contribution in [-0.2, 0) is 17.3 Å². The molecule has 0 spiro atoms. The molecule has 0 aliphatic carbocycles. The highest BCUT2D eigenvalue weighted by Gasteiger charge is 2.19. The second-order valence-electron chi connectivity index (χ2n) is 4.76. The van der Waals surface area contributed by atoms with Gasteiger partial charge in [0.25, 0.3) is 0 Å². The highest BCUT2D eigenvalue weighted by molar-refractivity contribution is 9.10. The molecule has 20 heavy (non-hydrogen) atoms. The van der Waals surface area contributed by atoms with Gasteiger partial charge in [0, 0.05) is 34.9 Å². The summed E-state index contributed by atoms with van der Waals surface area (Å²) in [4.78, 5) is 4.40. The molecular weight excluding hydrogens is 367 g/mol. The minimum atomic E-state index is -0.947. The molecule has 1 heterocycles. The van der Waals surface area contributed by atoms with Gasteiger partial charge >= 0.3 is 0 Å². The molecule has 3 atom stereocenters. The summed E-state index contributed by atoms with van der Waals surface area (Å²) in [5.74, 6) is 0.305. The first kappa shape index (κ1) is 15.9. The molecule has 0 fully saturated rings. The number of rotatable bonds is 4. The minimum absolute atomic E-state index is 0.0367. The van der Waals surface area contributed by atoms with Crippen molar-refractivity contribution in [3.8, 4) is 0 Å². The van der Waals surface area contributed by atoms with Gasteiger partial charge in [0.2, 0.25) is 0 Å². The lowest BCUT2D eigenvalue weighted by Crippen LogP contribution is -2.19. The van der Waals surface area contributed by atoms with Crippen LogP contribution in [0.25, 0.3) is 11.0 Å². The maximum Gasteiger partial charge on any atom is 0.139 e. The van der Waals surface area contributed by atoms with E-state index >= 15 is 0 Å². The van der Waals surface area contributed by atoms with Crippen molar-refractivity contribution in [2.45, 2.75) is 31.0 Å². The molecule has 110 valence electrons. The maximum atomic E-state index is 13.6. The average molecular weight is 382 g/mol. The van der Waals surface area contributed by atoms with Crippen molar-refractivity contribution in [3.05, 3.63) is 28.2 Å². The molecule has 1 aromatic carbocycles. The second-order valence-corrected chi connectivity index (χ2v) is 8.07. The number of halogens is 3. The summed E-state index contributed by atoms with van der Waals surface area (Å²) in [5.41, 5.74) is 1.35. The molecule has 2 aromatic rings. The summed E-state index contributed by atoms with van der Waals surface area (Å²) in [7, 11) is -0.947. The van der Waals surface area contributed by atoms with Crippen LogP contribution in [0.2, 0.25) is 0 Å². The van der Waals surface area contributed by atoms with Crippen molar-refractivity contribution in [2.24, 2.45) is 0 Å². The third kappa shape index (κ3) is 3.07. The molecule has 1 aromatic heterocycles. The number of alkyl halides is 1. The van der Waals surface area contributed by atoms with Gasteiger partial charge in [-0.3, -0.25) is 4.21 Å². The molecule has 2 rings (SSSR count). The molecule has 0 aliphatic rings. The van der Waals surface area contributed by atoms with E-state index in [-0.39, 0.29) is 16.4 Å². The van der Waals surface area contributed by atoms with Gasteiger partial charge in [0.15, 0.2) is 0 Å². The lowest BCUT2D eigenvalue weighted by Gasteiger charge is -2.14. The van der Waals surface area contributed by atoms with Gasteiger partial charge in [0.05, 0.1) is 20.9 Å². The van der Waals surface area contributed by atoms with Crippen LogP contribution in [0.5, 0.6) is 0 Å². The number of fused-ring (bicyclic) bond motifs is 1. The quantitative estimate of drug-likeness (QED) is 0.750. The number of imidazole rings is 1. The summed E-state index contributed by atoms with van der Waals surface area (Å²) >= 11 is 9.34. The van der Waals surface area contributed by atoms with Crippen LogP contribution in [0, 0.1) is 5.82 Å². The summed E-state index contributed by atoms with van der Waals surface area (Å²) < 4.78 is 27.5. The minimum Gasteiger partial charge on any atom is -0.326 e. The van der Waals surface area contributed by atoms with Crippen LogP contribution in [0.1, 0.15) is 25.0 Å². The number of benzene rings is 1. The monoisotopic (exact) mass is 380 g/mol. The fraction of sp³-hybridized carbons (Fsp3) is 0.462. The number of hydrogen-bond donors (Lipinski definition) is 0. The fourth-order valence-corrected chi connectivity index (χ4v) is 2.85. The third-order valence-corrected chi connectivity index (χ3v) is 5.27. The summed E-state index contributed by atoms with van der Waals surface area (Å²) in [6.07, 6.45) is 1.67. The van der Waals surface area contributed by atoms with Crippen molar-refractivity contribution in [2.75, 3.05) is 6.26 Å². The van der Waals surface area contributed by atoms with Gasteiger partial charge in [0.1, 0.15) is 11.6 Å². The van der Waals surface area contributed by atoms with E-state index in [1.165, 1.54) is 6.07 Å². The first-order valence-electron chi connectivity index (χ1n) is 6.12. The van der Waals surface area contributed by atoms with E-state index in [1.54, 1.807) is 12.3 Å². The predicted octanol–water partition coefficient (Wildman–Crippen LogP) is 4.00. The predicted molar refractivity (Wildman–Crippen MR) is 85.2 cm³/mol. The van der Waals surface area contributed by atoms with Crippen LogP contribution < -0.4 is 0 Å². The zero-order valence-electron chi connectivity index (χ0n) is 11.4. The zero-order chi connectivity index (χ0) is 15.0. The van der Waals surface area contributed by atoms with Gasteiger partial charge in [-0.05, 0) is 35.8 Å². The lowest BCUT2D eigenvalue weighted by atomic mass is 10.3. The van der Waals surface area contributed by atoms with Gasteiger partial charge in [-0.1, -0.05) is 0 Å². The molecule has 3 nitrogen and oxygen atoms in total. The van der Waals surface area contributed by atoms with Crippen LogP contribution in [0.4, 0.5) is 4.39 Å². The number of nitrogens with zero attached hydrogens (tertiary/aromatic N) is 2. The van der Waals surface area contributed by atoms with E-state index in [1.807, 2.05) is 18.4 Å². The first-order chi connectivity index (χ1) is 9.31. The fourth-order valence-electron chi connectivity index (χ4n) is 2.00. The van der Waals surface area contributed by atoms with E-state index in [2.05, 4.69) is 20.9 Å². The largest absolute Gasteiger partial charge is 0.326 e. The van der Waals surface area contributed by atoms with Crippen LogP contribution >= 0.6 is 27.5 Å². The lowest BCUT2D eigenvalue weighted by molar-refractivity contribution is 0.621. The Morgan fingerprint density at radius 2 is 2.15 bits per heavy atom. The second kappa shape index (κ2) is 6.12. The Labute approximate surface area is 133 Å². The van der Waals surface area contributed by atoms with Crippen LogP contribution in [-0.4, -0.2) is 25.3 Å². The average Bonchev–Trinajstić information content (AvgIpc) is 2.68. The van der Waals surface area contributed by atoms with Crippen molar-refractivity contribution >= 4 is 49.4 Å². The van der Waals surface area contributed by atoms with Gasteiger partial charge in [-0.25, -0.2) is 9.37 Å². The highest BCUT2D eigenvalue weighted by Crippen LogP contribution is 2.29. The Hall–Kier alpha value is -0.460. The molecule has 7 heteroatoms. The topological polar surface area (TPSA) is 34.9 Å². The standard InChI is InChI=1S/C13H15BrClFN2OS/c1-7(20(3)19)6-18-12-4-9(14)10(16)5-11(12)17-13(18)8(2)15/h4-5,7-8H,6H2,1-3H3. The Bertz CT molecular complexity index is 674. The Kier molecular flexibility index (Phi) is 4.87. The molecule has 0 N–H and O–H groups in total. The molecule has 0 bridgehead atoms. The normalized spacial score (nSPS) is 16.3. The Balaban J connectivity index is 2.62. The van der Waals surface area contributed by atoms with Crippen LogP contribution in [0.15, 0.2) is 16.6 Å². The Morgan fingerprint density at radius 3 is 2.70 bits per heavy atom. The number of hydrogen-bond acceptors (Lipinski definition) is 2. The van der Waals surface area contributed by atoms with Gasteiger partial charge in [-0.2, -0.15) is 0 Å². The first-order valence-corrected chi connectivity index (χ1v) is 8.97. The molecule has 3 unspecified atom stereocenters. The van der Waals surface area contributed by atoms with E-state index in [0.29, 0.717) is 22.4 Å². The molecule has 0 saturated carbocycles. The summed E-state index contributed by atoms with van der Waals surface area (Å²) in [5, 5.41) is -0.341. The summed E-state index contributed by atoms with van der Waals surface area (Å²) in [6, 6.07) is 3.07. The third-order valence-electron chi connectivity index (χ3n) is 3.18. The van der Waals surface area contributed by atoms with Gasteiger partial charge in [-0.15, -0.1) is 11.6 Å². The van der Waals surface area contributed by atoms with E-state index < -0.39 is 10.8 Å². The molecule has 0 amide bonds.